The first-order valence-electron chi connectivity index (χ1n) is 10.8. The molecule has 4 aliphatic rings. The normalized spacial score (nSPS) is 53.0. The van der Waals surface area contributed by atoms with Crippen LogP contribution in [0.1, 0.15) is 85.0 Å². The molecule has 0 aromatic carbocycles. The van der Waals surface area contributed by atoms with Crippen LogP contribution in [0, 0.1) is 46.3 Å². The smallest absolute Gasteiger partial charge is 0.171 e. The Kier molecular flexibility index (Phi) is 4.28. The molecule has 4 fully saturated rings. The van der Waals surface area contributed by atoms with E-state index in [9.17, 15) is 13.2 Å². The maximum atomic E-state index is 13.3. The summed E-state index contributed by atoms with van der Waals surface area (Å²) in [5.74, 6) is 2.47. The summed E-state index contributed by atoms with van der Waals surface area (Å²) in [5.41, 5.74) is 0.693. The molecular weight excluding hydrogens is 321 g/mol. The number of rotatable bonds is 1. The van der Waals surface area contributed by atoms with Crippen molar-refractivity contribution in [3.05, 3.63) is 0 Å². The minimum atomic E-state index is -3.98. The van der Waals surface area contributed by atoms with Gasteiger partial charge in [0.15, 0.2) is 0 Å². The molecule has 144 valence electrons. The summed E-state index contributed by atoms with van der Waals surface area (Å²) in [4.78, 5) is 0. The molecule has 0 saturated heterocycles. The number of fused-ring (bicyclic) bond motifs is 5. The lowest BCUT2D eigenvalue weighted by molar-refractivity contribution is -0.208. The van der Waals surface area contributed by atoms with Crippen LogP contribution in [0.25, 0.3) is 0 Å². The van der Waals surface area contributed by atoms with Crippen LogP contribution in [-0.4, -0.2) is 6.18 Å². The molecule has 25 heavy (non-hydrogen) atoms. The zero-order valence-electron chi connectivity index (χ0n) is 16.2. The molecule has 4 rings (SSSR count). The maximum Gasteiger partial charge on any atom is 0.391 e. The predicted molar refractivity (Wildman–Crippen MR) is 95.1 cm³/mol. The molecule has 4 saturated carbocycles. The van der Waals surface area contributed by atoms with Crippen LogP contribution in [0.5, 0.6) is 0 Å². The Morgan fingerprint density at radius 1 is 0.840 bits per heavy atom. The van der Waals surface area contributed by atoms with Crippen molar-refractivity contribution < 1.29 is 13.2 Å². The zero-order valence-corrected chi connectivity index (χ0v) is 16.2. The monoisotopic (exact) mass is 356 g/mol. The summed E-state index contributed by atoms with van der Waals surface area (Å²) < 4.78 is 39.8. The minimum absolute atomic E-state index is 0.177. The highest BCUT2D eigenvalue weighted by Crippen LogP contribution is 2.68. The van der Waals surface area contributed by atoms with Gasteiger partial charge in [0.1, 0.15) is 0 Å². The third kappa shape index (κ3) is 2.61. The first kappa shape index (κ1) is 18.2. The molecule has 4 aliphatic carbocycles. The number of hydrogen-bond acceptors (Lipinski definition) is 0. The fraction of sp³-hybridized carbons (Fsp3) is 1.00. The molecule has 0 aromatic rings. The summed E-state index contributed by atoms with van der Waals surface area (Å²) in [6.45, 7) is 7.26. The Balaban J connectivity index is 1.56. The number of alkyl halides is 3. The van der Waals surface area contributed by atoms with E-state index in [0.717, 1.165) is 30.6 Å². The van der Waals surface area contributed by atoms with Crippen LogP contribution in [0.4, 0.5) is 13.2 Å². The van der Waals surface area contributed by atoms with Gasteiger partial charge < -0.3 is 0 Å². The van der Waals surface area contributed by atoms with Gasteiger partial charge in [0.05, 0.1) is 5.92 Å². The number of halogens is 3. The van der Waals surface area contributed by atoms with E-state index in [1.54, 1.807) is 0 Å². The van der Waals surface area contributed by atoms with Crippen LogP contribution >= 0.6 is 0 Å². The van der Waals surface area contributed by atoms with Gasteiger partial charge in [-0.3, -0.25) is 0 Å². The van der Waals surface area contributed by atoms with E-state index < -0.39 is 12.1 Å². The molecule has 3 heteroatoms. The van der Waals surface area contributed by atoms with E-state index in [4.69, 9.17) is 0 Å². The highest BCUT2D eigenvalue weighted by atomic mass is 19.4. The van der Waals surface area contributed by atoms with Crippen molar-refractivity contribution in [1.82, 2.24) is 0 Å². The third-order valence-corrected chi connectivity index (χ3v) is 9.82. The highest BCUT2D eigenvalue weighted by Gasteiger charge is 2.61. The largest absolute Gasteiger partial charge is 0.391 e. The van der Waals surface area contributed by atoms with Gasteiger partial charge in [-0.2, -0.15) is 13.2 Å². The van der Waals surface area contributed by atoms with Crippen molar-refractivity contribution in [2.75, 3.05) is 0 Å². The van der Waals surface area contributed by atoms with Crippen molar-refractivity contribution in [3.63, 3.8) is 0 Å². The average molecular weight is 357 g/mol. The van der Waals surface area contributed by atoms with Crippen molar-refractivity contribution >= 4 is 0 Å². The van der Waals surface area contributed by atoms with E-state index in [1.807, 2.05) is 0 Å². The van der Waals surface area contributed by atoms with Crippen LogP contribution < -0.4 is 0 Å². The Morgan fingerprint density at radius 2 is 1.52 bits per heavy atom. The quantitative estimate of drug-likeness (QED) is 0.465. The molecular formula is C22H35F3. The summed E-state index contributed by atoms with van der Waals surface area (Å²) >= 11 is 0. The second-order valence-corrected chi connectivity index (χ2v) is 10.4. The molecule has 8 unspecified atom stereocenters. The third-order valence-electron chi connectivity index (χ3n) is 9.82. The van der Waals surface area contributed by atoms with Gasteiger partial charge in [0.2, 0.25) is 0 Å². The van der Waals surface area contributed by atoms with Crippen molar-refractivity contribution in [3.8, 4) is 0 Å². The Hall–Kier alpha value is -0.210. The van der Waals surface area contributed by atoms with E-state index in [1.165, 1.54) is 38.5 Å². The lowest BCUT2D eigenvalue weighted by Crippen LogP contribution is -2.54. The molecule has 8 atom stereocenters. The fourth-order valence-electron chi connectivity index (χ4n) is 8.33. The Labute approximate surface area is 151 Å². The summed E-state index contributed by atoms with van der Waals surface area (Å²) in [5, 5.41) is 0. The first-order valence-corrected chi connectivity index (χ1v) is 10.8. The predicted octanol–water partition coefficient (Wildman–Crippen LogP) is 7.23. The first-order chi connectivity index (χ1) is 11.7. The SMILES string of the molecule is CCC1CCC2C3CCC4CC(C(F)(F)F)CCC4(C)C3CCC12C. The van der Waals surface area contributed by atoms with E-state index >= 15 is 0 Å². The van der Waals surface area contributed by atoms with Crippen molar-refractivity contribution in [2.24, 2.45) is 46.3 Å². The van der Waals surface area contributed by atoms with Gasteiger partial charge in [-0.25, -0.2) is 0 Å². The van der Waals surface area contributed by atoms with Gasteiger partial charge in [-0.1, -0.05) is 27.2 Å². The van der Waals surface area contributed by atoms with Crippen molar-refractivity contribution in [2.45, 2.75) is 91.2 Å². The molecule has 0 spiro atoms. The van der Waals surface area contributed by atoms with E-state index in [-0.39, 0.29) is 5.41 Å². The lowest BCUT2D eigenvalue weighted by Gasteiger charge is -2.61. The lowest BCUT2D eigenvalue weighted by atomic mass is 9.44. The molecule has 0 amide bonds. The molecule has 0 N–H and O–H groups in total. The van der Waals surface area contributed by atoms with Gasteiger partial charge in [0, 0.05) is 0 Å². The average Bonchev–Trinajstić information content (AvgIpc) is 2.89. The van der Waals surface area contributed by atoms with Crippen LogP contribution in [0.15, 0.2) is 0 Å². The van der Waals surface area contributed by atoms with Gasteiger partial charge in [-0.15, -0.1) is 0 Å². The minimum Gasteiger partial charge on any atom is -0.171 e. The summed E-state index contributed by atoms with van der Waals surface area (Å²) in [7, 11) is 0. The van der Waals surface area contributed by atoms with Crippen molar-refractivity contribution in [1.29, 1.82) is 0 Å². The van der Waals surface area contributed by atoms with E-state index in [2.05, 4.69) is 20.8 Å². The molecule has 0 aromatic heterocycles. The molecule has 0 heterocycles. The Bertz CT molecular complexity index is 512. The molecule has 0 radical (unpaired) electrons. The second-order valence-electron chi connectivity index (χ2n) is 10.4. The molecule has 0 bridgehead atoms. The standard InChI is InChI=1S/C22H35F3/c1-4-14-6-8-18-17-7-5-15-13-16(22(23,24)25)9-11-21(15,3)19(17)10-12-20(14,18)2/h14-19H,4-13H2,1-3H3. The fourth-order valence-corrected chi connectivity index (χ4v) is 8.33. The maximum absolute atomic E-state index is 13.3. The second kappa shape index (κ2) is 5.89. The molecule has 0 nitrogen and oxygen atoms in total. The summed E-state index contributed by atoms with van der Waals surface area (Å²) in [6, 6.07) is 0. The van der Waals surface area contributed by atoms with Gasteiger partial charge in [0.25, 0.3) is 0 Å². The Morgan fingerprint density at radius 3 is 2.20 bits per heavy atom. The summed E-state index contributed by atoms with van der Waals surface area (Å²) in [6.07, 6.45) is 6.52. The number of hydrogen-bond donors (Lipinski definition) is 0. The van der Waals surface area contributed by atoms with Gasteiger partial charge >= 0.3 is 6.18 Å². The van der Waals surface area contributed by atoms with E-state index in [0.29, 0.717) is 30.1 Å². The van der Waals surface area contributed by atoms with Crippen LogP contribution in [0.2, 0.25) is 0 Å². The zero-order chi connectivity index (χ0) is 18.0. The molecule has 0 aliphatic heterocycles. The topological polar surface area (TPSA) is 0 Å². The highest BCUT2D eigenvalue weighted by molar-refractivity contribution is 5.09. The van der Waals surface area contributed by atoms with Crippen LogP contribution in [0.3, 0.4) is 0 Å². The van der Waals surface area contributed by atoms with Crippen LogP contribution in [-0.2, 0) is 0 Å². The van der Waals surface area contributed by atoms with Gasteiger partial charge in [-0.05, 0) is 98.2 Å².